The van der Waals surface area contributed by atoms with Crippen LogP contribution in [0.2, 0.25) is 0 Å². The Kier molecular flexibility index (Phi) is 9.48. The number of carbonyl (C=O) groups excluding carboxylic acids is 2. The first kappa shape index (κ1) is 28.4. The molecule has 0 aromatic heterocycles. The van der Waals surface area contributed by atoms with Gasteiger partial charge in [0.2, 0.25) is 0 Å². The number of ether oxygens (including phenoxy) is 3. The van der Waals surface area contributed by atoms with Crippen molar-refractivity contribution in [3.8, 4) is 0 Å². The molecule has 4 atom stereocenters. The van der Waals surface area contributed by atoms with Gasteiger partial charge in [-0.3, -0.25) is 10.1 Å². The molecule has 1 fully saturated rings. The predicted octanol–water partition coefficient (Wildman–Crippen LogP) is 5.02. The number of hydrogen-bond acceptors (Lipinski definition) is 8. The standard InChI is InChI=1S/C28H38N2O7/c1-16(2)22-11-10-17(3)14-23(22)37-28(32)25-19(5)29-18(4)24(27(31)36-13-12-35-6)26(25)20-8-7-9-21(15-20)30(33)34/h7-9,15-17,22-23,26,29H,10-14H2,1-6H3/t17-,22+,23+,26-/m0/s1. The number of nitro benzene ring substituents is 1. The number of allylic oxidation sites excluding steroid dienone is 2. The molecule has 0 amide bonds. The van der Waals surface area contributed by atoms with Crippen molar-refractivity contribution in [3.05, 3.63) is 62.5 Å². The molecule has 0 bridgehead atoms. The summed E-state index contributed by atoms with van der Waals surface area (Å²) in [5.41, 5.74) is 1.83. The Balaban J connectivity index is 2.04. The number of carbonyl (C=O) groups is 2. The molecule has 9 nitrogen and oxygen atoms in total. The number of rotatable bonds is 9. The van der Waals surface area contributed by atoms with Crippen molar-refractivity contribution in [1.29, 1.82) is 0 Å². The molecule has 1 heterocycles. The maximum atomic E-state index is 13.8. The zero-order valence-electron chi connectivity index (χ0n) is 22.5. The summed E-state index contributed by atoms with van der Waals surface area (Å²) in [6, 6.07) is 6.00. The molecule has 0 spiro atoms. The Morgan fingerprint density at radius 1 is 1.11 bits per heavy atom. The lowest BCUT2D eigenvalue weighted by Gasteiger charge is -2.38. The number of dihydropyridines is 1. The molecule has 1 saturated carbocycles. The molecule has 0 unspecified atom stereocenters. The minimum Gasteiger partial charge on any atom is -0.460 e. The van der Waals surface area contributed by atoms with Crippen molar-refractivity contribution >= 4 is 17.6 Å². The highest BCUT2D eigenvalue weighted by molar-refractivity contribution is 6.00. The lowest BCUT2D eigenvalue weighted by atomic mass is 9.75. The average molecular weight is 515 g/mol. The lowest BCUT2D eigenvalue weighted by molar-refractivity contribution is -0.384. The number of methoxy groups -OCH3 is 1. The second-order valence-electron chi connectivity index (χ2n) is 10.4. The molecule has 9 heteroatoms. The Hall–Kier alpha value is -3.20. The number of hydrogen-bond donors (Lipinski definition) is 1. The number of nitrogens with zero attached hydrogens (tertiary/aromatic N) is 1. The summed E-state index contributed by atoms with van der Waals surface area (Å²) in [7, 11) is 1.50. The smallest absolute Gasteiger partial charge is 0.337 e. The Morgan fingerprint density at radius 2 is 1.78 bits per heavy atom. The van der Waals surface area contributed by atoms with E-state index in [4.69, 9.17) is 14.2 Å². The van der Waals surface area contributed by atoms with E-state index in [9.17, 15) is 19.7 Å². The molecule has 3 rings (SSSR count). The highest BCUT2D eigenvalue weighted by Crippen LogP contribution is 2.42. The molecule has 202 valence electrons. The molecule has 37 heavy (non-hydrogen) atoms. The van der Waals surface area contributed by atoms with Crippen molar-refractivity contribution in [3.63, 3.8) is 0 Å². The minimum atomic E-state index is -0.887. The number of nitro groups is 1. The molecule has 0 radical (unpaired) electrons. The minimum absolute atomic E-state index is 0.0340. The van der Waals surface area contributed by atoms with Gasteiger partial charge >= 0.3 is 11.9 Å². The van der Waals surface area contributed by atoms with Gasteiger partial charge in [0.15, 0.2) is 0 Å². The van der Waals surface area contributed by atoms with Crippen LogP contribution in [-0.2, 0) is 23.8 Å². The maximum absolute atomic E-state index is 13.8. The first-order valence-corrected chi connectivity index (χ1v) is 12.8. The lowest BCUT2D eigenvalue weighted by Crippen LogP contribution is -2.38. The zero-order valence-corrected chi connectivity index (χ0v) is 22.5. The highest BCUT2D eigenvalue weighted by Gasteiger charge is 2.41. The van der Waals surface area contributed by atoms with Crippen LogP contribution in [0.1, 0.15) is 65.4 Å². The third kappa shape index (κ3) is 6.57. The van der Waals surface area contributed by atoms with Crippen LogP contribution in [0.4, 0.5) is 5.69 Å². The Labute approximate surface area is 218 Å². The summed E-state index contributed by atoms with van der Waals surface area (Å²) >= 11 is 0. The summed E-state index contributed by atoms with van der Waals surface area (Å²) < 4.78 is 16.6. The Bertz CT molecular complexity index is 1090. The predicted molar refractivity (Wildman–Crippen MR) is 138 cm³/mol. The van der Waals surface area contributed by atoms with Crippen LogP contribution in [0.5, 0.6) is 0 Å². The van der Waals surface area contributed by atoms with E-state index < -0.39 is 22.8 Å². The number of benzene rings is 1. The van der Waals surface area contributed by atoms with Crippen molar-refractivity contribution < 1.29 is 28.7 Å². The van der Waals surface area contributed by atoms with E-state index in [0.29, 0.717) is 28.8 Å². The van der Waals surface area contributed by atoms with Crippen LogP contribution in [-0.4, -0.2) is 43.3 Å². The van der Waals surface area contributed by atoms with Gasteiger partial charge in [0.1, 0.15) is 12.7 Å². The fraction of sp³-hybridized carbons (Fsp3) is 0.571. The van der Waals surface area contributed by atoms with Gasteiger partial charge in [0, 0.05) is 30.6 Å². The second kappa shape index (κ2) is 12.4. The van der Waals surface area contributed by atoms with Gasteiger partial charge in [-0.1, -0.05) is 39.3 Å². The van der Waals surface area contributed by atoms with Crippen LogP contribution < -0.4 is 5.32 Å². The van der Waals surface area contributed by atoms with Gasteiger partial charge in [-0.2, -0.15) is 0 Å². The van der Waals surface area contributed by atoms with Crippen molar-refractivity contribution in [2.24, 2.45) is 17.8 Å². The van der Waals surface area contributed by atoms with Crippen molar-refractivity contribution in [2.45, 2.75) is 65.9 Å². The Morgan fingerprint density at radius 3 is 2.41 bits per heavy atom. The topological polar surface area (TPSA) is 117 Å². The van der Waals surface area contributed by atoms with Crippen LogP contribution in [0.25, 0.3) is 0 Å². The molecule has 1 aliphatic heterocycles. The van der Waals surface area contributed by atoms with Crippen LogP contribution >= 0.6 is 0 Å². The van der Waals surface area contributed by atoms with Gasteiger partial charge < -0.3 is 19.5 Å². The largest absolute Gasteiger partial charge is 0.460 e. The van der Waals surface area contributed by atoms with E-state index in [2.05, 4.69) is 26.1 Å². The van der Waals surface area contributed by atoms with Crippen LogP contribution in [0, 0.1) is 27.9 Å². The third-order valence-corrected chi connectivity index (χ3v) is 7.35. The summed E-state index contributed by atoms with van der Waals surface area (Å²) in [4.78, 5) is 38.1. The molecular formula is C28H38N2O7. The van der Waals surface area contributed by atoms with Crippen LogP contribution in [0.15, 0.2) is 46.8 Å². The summed E-state index contributed by atoms with van der Waals surface area (Å²) in [5, 5.41) is 14.7. The first-order chi connectivity index (χ1) is 17.5. The molecule has 1 aromatic carbocycles. The van der Waals surface area contributed by atoms with Gasteiger partial charge in [0.25, 0.3) is 5.69 Å². The zero-order chi connectivity index (χ0) is 27.3. The van der Waals surface area contributed by atoms with Gasteiger partial charge in [-0.25, -0.2) is 9.59 Å². The normalized spacial score (nSPS) is 24.1. The fourth-order valence-electron chi connectivity index (χ4n) is 5.43. The van der Waals surface area contributed by atoms with E-state index in [1.165, 1.54) is 19.2 Å². The summed E-state index contributed by atoms with van der Waals surface area (Å²) in [5.74, 6) is -1.00. The van der Waals surface area contributed by atoms with E-state index in [0.717, 1.165) is 19.3 Å². The SMILES string of the molecule is COCCOC(=O)C1=C(C)NC(C)=C(C(=O)O[C@@H]2C[C@@H](C)CC[C@@H]2C(C)C)[C@H]1c1cccc([N+](=O)[O-])c1. The van der Waals surface area contributed by atoms with Gasteiger partial charge in [0.05, 0.1) is 28.6 Å². The maximum Gasteiger partial charge on any atom is 0.337 e. The van der Waals surface area contributed by atoms with Gasteiger partial charge in [-0.05, 0) is 50.0 Å². The molecule has 2 aliphatic rings. The number of esters is 2. The molecule has 1 aromatic rings. The van der Waals surface area contributed by atoms with Crippen molar-refractivity contribution in [1.82, 2.24) is 5.32 Å². The second-order valence-corrected chi connectivity index (χ2v) is 10.4. The monoisotopic (exact) mass is 514 g/mol. The van der Waals surface area contributed by atoms with E-state index in [1.807, 2.05) is 0 Å². The average Bonchev–Trinajstić information content (AvgIpc) is 2.83. The van der Waals surface area contributed by atoms with E-state index in [-0.39, 0.29) is 42.1 Å². The molecular weight excluding hydrogens is 476 g/mol. The van der Waals surface area contributed by atoms with E-state index in [1.54, 1.807) is 26.0 Å². The van der Waals surface area contributed by atoms with Gasteiger partial charge in [-0.15, -0.1) is 0 Å². The highest BCUT2D eigenvalue weighted by atomic mass is 16.6. The quantitative estimate of drug-likeness (QED) is 0.211. The molecule has 1 N–H and O–H groups in total. The molecule has 1 aliphatic carbocycles. The first-order valence-electron chi connectivity index (χ1n) is 12.8. The fourth-order valence-corrected chi connectivity index (χ4v) is 5.43. The summed E-state index contributed by atoms with van der Waals surface area (Å²) in [6.45, 7) is 10.2. The van der Waals surface area contributed by atoms with Crippen molar-refractivity contribution in [2.75, 3.05) is 20.3 Å². The van der Waals surface area contributed by atoms with E-state index >= 15 is 0 Å². The van der Waals surface area contributed by atoms with Crippen LogP contribution in [0.3, 0.4) is 0 Å². The summed E-state index contributed by atoms with van der Waals surface area (Å²) in [6.07, 6.45) is 2.61. The molecule has 0 saturated heterocycles. The third-order valence-electron chi connectivity index (χ3n) is 7.35. The number of nitrogens with one attached hydrogen (secondary N) is 1. The number of non-ortho nitro benzene ring substituents is 1.